The zero-order valence-electron chi connectivity index (χ0n) is 13.6. The van der Waals surface area contributed by atoms with Gasteiger partial charge in [0, 0.05) is 12.0 Å². The van der Waals surface area contributed by atoms with E-state index < -0.39 is 0 Å². The van der Waals surface area contributed by atoms with Crippen LogP contribution in [0.2, 0.25) is 0 Å². The summed E-state index contributed by atoms with van der Waals surface area (Å²) in [5, 5.41) is 3.30. The third-order valence-corrected chi connectivity index (χ3v) is 5.63. The number of hydrogen-bond acceptors (Lipinski definition) is 3. The van der Waals surface area contributed by atoms with E-state index in [1.807, 2.05) is 0 Å². The molecule has 120 valence electrons. The van der Waals surface area contributed by atoms with Gasteiger partial charge in [0.1, 0.15) is 0 Å². The van der Waals surface area contributed by atoms with Crippen LogP contribution >= 0.6 is 0 Å². The summed E-state index contributed by atoms with van der Waals surface area (Å²) in [6.07, 6.45) is 5.29. The van der Waals surface area contributed by atoms with Gasteiger partial charge in [-0.2, -0.15) is 0 Å². The van der Waals surface area contributed by atoms with Crippen molar-refractivity contribution in [2.24, 2.45) is 22.1 Å². The minimum Gasteiger partial charge on any atom is -0.373 e. The molecule has 1 aromatic carbocycles. The van der Waals surface area contributed by atoms with Crippen LogP contribution in [0.15, 0.2) is 29.3 Å². The molecule has 3 N–H and O–H groups in total. The number of nitrogens with zero attached hydrogens (tertiary/aromatic N) is 1. The van der Waals surface area contributed by atoms with Crippen molar-refractivity contribution in [3.05, 3.63) is 35.4 Å². The van der Waals surface area contributed by atoms with Crippen LogP contribution in [0.5, 0.6) is 0 Å². The Morgan fingerprint density at radius 3 is 2.82 bits per heavy atom. The molecule has 1 heterocycles. The summed E-state index contributed by atoms with van der Waals surface area (Å²) in [6.45, 7) is 6.53. The Labute approximate surface area is 133 Å². The third-order valence-electron chi connectivity index (χ3n) is 5.63. The molecule has 0 radical (unpaired) electrons. The molecule has 4 nitrogen and oxygen atoms in total. The predicted molar refractivity (Wildman–Crippen MR) is 89.9 cm³/mol. The number of rotatable bonds is 6. The Morgan fingerprint density at radius 1 is 1.41 bits per heavy atom. The highest BCUT2D eigenvalue weighted by molar-refractivity contribution is 5.54. The molecule has 0 amide bonds. The molecule has 3 rings (SSSR count). The van der Waals surface area contributed by atoms with Gasteiger partial charge in [0.05, 0.1) is 25.2 Å². The highest BCUT2D eigenvalue weighted by Crippen LogP contribution is 2.59. The largest absolute Gasteiger partial charge is 0.373 e. The first-order valence-corrected chi connectivity index (χ1v) is 8.21. The Hall–Kier alpha value is -1.39. The number of hydrogen-bond donors (Lipinski definition) is 2. The van der Waals surface area contributed by atoms with Gasteiger partial charge in [-0.3, -0.25) is 4.99 Å². The summed E-state index contributed by atoms with van der Waals surface area (Å²) in [5.41, 5.74) is 8.36. The van der Waals surface area contributed by atoms with E-state index in [9.17, 15) is 0 Å². The SMILES string of the molecule is Cc1ccc(CC2CCC3(C)COC23CN/C=N\CN)cc1. The summed E-state index contributed by atoms with van der Waals surface area (Å²) in [6, 6.07) is 8.90. The zero-order chi connectivity index (χ0) is 15.6. The maximum absolute atomic E-state index is 6.18. The minimum atomic E-state index is -0.0570. The molecule has 1 aliphatic heterocycles. The van der Waals surface area contributed by atoms with E-state index in [-0.39, 0.29) is 5.60 Å². The lowest BCUT2D eigenvalue weighted by atomic mass is 9.67. The van der Waals surface area contributed by atoms with E-state index in [4.69, 9.17) is 10.5 Å². The monoisotopic (exact) mass is 301 g/mol. The van der Waals surface area contributed by atoms with Crippen LogP contribution in [0.25, 0.3) is 0 Å². The maximum atomic E-state index is 6.18. The molecular weight excluding hydrogens is 274 g/mol. The number of nitrogens with two attached hydrogens (primary N) is 1. The Kier molecular flexibility index (Phi) is 4.24. The fourth-order valence-corrected chi connectivity index (χ4v) is 4.12. The minimum absolute atomic E-state index is 0.0570. The summed E-state index contributed by atoms with van der Waals surface area (Å²) in [7, 11) is 0. The number of aliphatic imine (C=N–C) groups is 1. The molecule has 1 aromatic rings. The van der Waals surface area contributed by atoms with Crippen molar-refractivity contribution in [2.75, 3.05) is 19.8 Å². The second-order valence-corrected chi connectivity index (χ2v) is 7.04. The van der Waals surface area contributed by atoms with E-state index in [2.05, 4.69) is 48.4 Å². The van der Waals surface area contributed by atoms with Gasteiger partial charge in [-0.05, 0) is 37.7 Å². The lowest BCUT2D eigenvalue weighted by Gasteiger charge is -2.56. The first kappa shape index (κ1) is 15.5. The van der Waals surface area contributed by atoms with E-state index >= 15 is 0 Å². The second-order valence-electron chi connectivity index (χ2n) is 7.04. The molecule has 22 heavy (non-hydrogen) atoms. The first-order chi connectivity index (χ1) is 10.6. The Balaban J connectivity index is 1.72. The molecule has 3 atom stereocenters. The van der Waals surface area contributed by atoms with Crippen molar-refractivity contribution in [1.82, 2.24) is 5.32 Å². The smallest absolute Gasteiger partial charge is 0.0960 e. The highest BCUT2D eigenvalue weighted by atomic mass is 16.5. The molecule has 1 saturated carbocycles. The molecule has 3 unspecified atom stereocenters. The van der Waals surface area contributed by atoms with Crippen LogP contribution < -0.4 is 11.1 Å². The van der Waals surface area contributed by atoms with Crippen molar-refractivity contribution < 1.29 is 4.74 Å². The molecule has 1 aliphatic carbocycles. The van der Waals surface area contributed by atoms with E-state index in [0.717, 1.165) is 19.6 Å². The van der Waals surface area contributed by atoms with E-state index in [1.165, 1.54) is 24.0 Å². The van der Waals surface area contributed by atoms with Gasteiger partial charge in [0.15, 0.2) is 0 Å². The molecule has 4 heteroatoms. The summed E-state index contributed by atoms with van der Waals surface area (Å²) in [5.74, 6) is 0.563. The maximum Gasteiger partial charge on any atom is 0.0960 e. The van der Waals surface area contributed by atoms with Crippen LogP contribution in [-0.2, 0) is 11.2 Å². The van der Waals surface area contributed by atoms with Crippen molar-refractivity contribution in [2.45, 2.75) is 38.7 Å². The van der Waals surface area contributed by atoms with Crippen molar-refractivity contribution in [3.63, 3.8) is 0 Å². The number of fused-ring (bicyclic) bond motifs is 1. The number of ether oxygens (including phenoxy) is 1. The lowest BCUT2D eigenvalue weighted by molar-refractivity contribution is -0.255. The fourth-order valence-electron chi connectivity index (χ4n) is 4.12. The summed E-state index contributed by atoms with van der Waals surface area (Å²) in [4.78, 5) is 4.04. The summed E-state index contributed by atoms with van der Waals surface area (Å²) >= 11 is 0. The normalized spacial score (nSPS) is 33.7. The topological polar surface area (TPSA) is 59.6 Å². The van der Waals surface area contributed by atoms with Crippen molar-refractivity contribution in [3.8, 4) is 0 Å². The third kappa shape index (κ3) is 2.55. The first-order valence-electron chi connectivity index (χ1n) is 8.21. The molecule has 2 aliphatic rings. The fraction of sp³-hybridized carbons (Fsp3) is 0.611. The van der Waals surface area contributed by atoms with Crippen LogP contribution in [0, 0.1) is 18.3 Å². The Morgan fingerprint density at radius 2 is 2.18 bits per heavy atom. The highest BCUT2D eigenvalue weighted by Gasteiger charge is 2.64. The molecule has 0 bridgehead atoms. The van der Waals surface area contributed by atoms with Crippen LogP contribution in [0.3, 0.4) is 0 Å². The number of nitrogens with one attached hydrogen (secondary N) is 1. The molecule has 0 spiro atoms. The van der Waals surface area contributed by atoms with Crippen LogP contribution in [0.1, 0.15) is 30.9 Å². The zero-order valence-corrected chi connectivity index (χ0v) is 13.6. The predicted octanol–water partition coefficient (Wildman–Crippen LogP) is 2.26. The average Bonchev–Trinajstić information content (AvgIpc) is 2.69. The Bertz CT molecular complexity index is 542. The number of benzene rings is 1. The average molecular weight is 301 g/mol. The molecule has 2 fully saturated rings. The van der Waals surface area contributed by atoms with Gasteiger partial charge in [0.25, 0.3) is 0 Å². The van der Waals surface area contributed by atoms with Crippen LogP contribution in [0.4, 0.5) is 0 Å². The quantitative estimate of drug-likeness (QED) is 0.626. The van der Waals surface area contributed by atoms with Gasteiger partial charge in [-0.15, -0.1) is 0 Å². The standard InChI is InChI=1S/C18H27N3O/c1-14-3-5-15(6-4-14)9-16-7-8-17(2)11-22-18(16,17)10-20-13-21-12-19/h3-6,13,16H,7-12,19H2,1-2H3,(H,20,21). The molecule has 1 saturated heterocycles. The van der Waals surface area contributed by atoms with Gasteiger partial charge < -0.3 is 15.8 Å². The lowest BCUT2D eigenvalue weighted by Crippen LogP contribution is -2.66. The second kappa shape index (κ2) is 6.01. The number of aryl methyl sites for hydroxylation is 1. The summed E-state index contributed by atoms with van der Waals surface area (Å²) < 4.78 is 6.18. The van der Waals surface area contributed by atoms with Gasteiger partial charge in [-0.25, -0.2) is 0 Å². The van der Waals surface area contributed by atoms with Gasteiger partial charge in [0.2, 0.25) is 0 Å². The van der Waals surface area contributed by atoms with Crippen molar-refractivity contribution in [1.29, 1.82) is 0 Å². The van der Waals surface area contributed by atoms with E-state index in [0.29, 0.717) is 18.0 Å². The van der Waals surface area contributed by atoms with E-state index in [1.54, 1.807) is 6.34 Å². The van der Waals surface area contributed by atoms with Crippen molar-refractivity contribution >= 4 is 6.34 Å². The van der Waals surface area contributed by atoms with Crippen LogP contribution in [-0.4, -0.2) is 31.8 Å². The molecular formula is C18H27N3O. The van der Waals surface area contributed by atoms with Gasteiger partial charge >= 0.3 is 0 Å². The van der Waals surface area contributed by atoms with Gasteiger partial charge in [-0.1, -0.05) is 36.8 Å². The molecule has 0 aromatic heterocycles.